The molecule has 0 bridgehead atoms. The molecule has 0 aliphatic carbocycles. The lowest BCUT2D eigenvalue weighted by atomic mass is 9.89. The summed E-state index contributed by atoms with van der Waals surface area (Å²) in [6, 6.07) is 0. The van der Waals surface area contributed by atoms with Gasteiger partial charge in [0.25, 0.3) is 0 Å². The van der Waals surface area contributed by atoms with Crippen LogP contribution in [0.1, 0.15) is 27.2 Å². The molecule has 0 radical (unpaired) electrons. The van der Waals surface area contributed by atoms with Gasteiger partial charge in [-0.2, -0.15) is 0 Å². The third-order valence-electron chi connectivity index (χ3n) is 2.90. The number of piperidine rings is 1. The summed E-state index contributed by atoms with van der Waals surface area (Å²) in [4.78, 5) is 24.5. The fraction of sp³-hybridized carbons (Fsp3) is 0.833. The summed E-state index contributed by atoms with van der Waals surface area (Å²) >= 11 is 0. The van der Waals surface area contributed by atoms with Crippen molar-refractivity contribution >= 4 is 12.1 Å². The van der Waals surface area contributed by atoms with E-state index in [1.165, 1.54) is 4.90 Å². The summed E-state index contributed by atoms with van der Waals surface area (Å²) in [5.41, 5.74) is -2.61. The Balaban J connectivity index is 2.69. The first-order valence-electron chi connectivity index (χ1n) is 6.07. The average Bonchev–Trinajstić information content (AvgIpc) is 2.29. The number of aliphatic hydroxyl groups is 2. The minimum Gasteiger partial charge on any atom is -0.467 e. The smallest absolute Gasteiger partial charge is 0.410 e. The number of likely N-dealkylation sites (tertiary alicyclic amines) is 1. The minimum atomic E-state index is -1.97. The van der Waals surface area contributed by atoms with Crippen LogP contribution in [0.5, 0.6) is 0 Å². The highest BCUT2D eigenvalue weighted by Gasteiger charge is 2.49. The molecular weight excluding hydrogens is 254 g/mol. The van der Waals surface area contributed by atoms with Crippen molar-refractivity contribution in [2.24, 2.45) is 0 Å². The van der Waals surface area contributed by atoms with Crippen LogP contribution in [-0.4, -0.2) is 64.7 Å². The van der Waals surface area contributed by atoms with Gasteiger partial charge in [0, 0.05) is 13.0 Å². The zero-order valence-corrected chi connectivity index (χ0v) is 11.7. The molecule has 2 N–H and O–H groups in total. The van der Waals surface area contributed by atoms with Gasteiger partial charge < -0.3 is 24.6 Å². The number of carbonyl (C=O) groups excluding carboxylic acids is 2. The molecule has 0 saturated carbocycles. The Morgan fingerprint density at radius 1 is 1.37 bits per heavy atom. The fourth-order valence-electron chi connectivity index (χ4n) is 1.83. The maximum Gasteiger partial charge on any atom is 0.410 e. The van der Waals surface area contributed by atoms with E-state index >= 15 is 0 Å². The number of nitrogens with zero attached hydrogens (tertiary/aromatic N) is 1. The number of β-amino-alcohol motifs (C(OH)–C–C–N with tert-alkyl or cyclic N) is 1. The van der Waals surface area contributed by atoms with E-state index in [0.29, 0.717) is 0 Å². The van der Waals surface area contributed by atoms with E-state index in [1.54, 1.807) is 20.8 Å². The normalized spacial score (nSPS) is 27.9. The summed E-state index contributed by atoms with van der Waals surface area (Å²) in [6.45, 7) is 5.13. The van der Waals surface area contributed by atoms with Gasteiger partial charge in [0.1, 0.15) is 11.7 Å². The van der Waals surface area contributed by atoms with Crippen molar-refractivity contribution in [2.45, 2.75) is 44.5 Å². The van der Waals surface area contributed by atoms with Gasteiger partial charge in [0.2, 0.25) is 0 Å². The second kappa shape index (κ2) is 5.34. The van der Waals surface area contributed by atoms with Gasteiger partial charge >= 0.3 is 12.1 Å². The molecule has 7 nitrogen and oxygen atoms in total. The maximum atomic E-state index is 11.8. The van der Waals surface area contributed by atoms with E-state index in [9.17, 15) is 19.8 Å². The Morgan fingerprint density at radius 2 is 1.95 bits per heavy atom. The van der Waals surface area contributed by atoms with Crippen LogP contribution >= 0.6 is 0 Å². The quantitative estimate of drug-likeness (QED) is 0.648. The van der Waals surface area contributed by atoms with Crippen LogP contribution in [-0.2, 0) is 14.3 Å². The summed E-state index contributed by atoms with van der Waals surface area (Å²) in [5.74, 6) is -0.899. The SMILES string of the molecule is COC(=O)[C@@]1(O)CCN(C(=O)OC(C)(C)C)C[C@@H]1O. The van der Waals surface area contributed by atoms with Crippen LogP contribution in [0.4, 0.5) is 4.79 Å². The standard InChI is InChI=1S/C12H21NO6/c1-11(2,3)19-10(16)13-6-5-12(17,8(14)7-13)9(15)18-4/h8,14,17H,5-7H2,1-4H3/t8-,12+/m0/s1. The van der Waals surface area contributed by atoms with Crippen LogP contribution in [0.2, 0.25) is 0 Å². The zero-order chi connectivity index (χ0) is 14.8. The van der Waals surface area contributed by atoms with E-state index in [1.807, 2.05) is 0 Å². The van der Waals surface area contributed by atoms with Gasteiger partial charge in [-0.1, -0.05) is 0 Å². The number of hydrogen-bond acceptors (Lipinski definition) is 6. The Hall–Kier alpha value is -1.34. The van der Waals surface area contributed by atoms with E-state index in [4.69, 9.17) is 4.74 Å². The summed E-state index contributed by atoms with van der Waals surface area (Å²) < 4.78 is 9.61. The van der Waals surface area contributed by atoms with E-state index < -0.39 is 29.4 Å². The first-order valence-corrected chi connectivity index (χ1v) is 6.07. The number of aliphatic hydroxyl groups excluding tert-OH is 1. The van der Waals surface area contributed by atoms with Crippen LogP contribution in [0, 0.1) is 0 Å². The molecule has 2 atom stereocenters. The third-order valence-corrected chi connectivity index (χ3v) is 2.90. The predicted molar refractivity (Wildman–Crippen MR) is 65.4 cm³/mol. The van der Waals surface area contributed by atoms with Gasteiger partial charge in [-0.3, -0.25) is 0 Å². The number of carbonyl (C=O) groups is 2. The third kappa shape index (κ3) is 3.57. The molecule has 110 valence electrons. The van der Waals surface area contributed by atoms with Crippen LogP contribution in [0.25, 0.3) is 0 Å². The minimum absolute atomic E-state index is 0.0971. The molecule has 1 aliphatic heterocycles. The second-order valence-electron chi connectivity index (χ2n) is 5.61. The topological polar surface area (TPSA) is 96.3 Å². The largest absolute Gasteiger partial charge is 0.467 e. The fourth-order valence-corrected chi connectivity index (χ4v) is 1.83. The van der Waals surface area contributed by atoms with Crippen LogP contribution in [0.3, 0.4) is 0 Å². The Kier molecular flexibility index (Phi) is 4.42. The lowest BCUT2D eigenvalue weighted by Crippen LogP contribution is -2.61. The Morgan fingerprint density at radius 3 is 2.37 bits per heavy atom. The first kappa shape index (κ1) is 15.7. The number of amides is 1. The molecule has 19 heavy (non-hydrogen) atoms. The summed E-state index contributed by atoms with van der Waals surface area (Å²) in [6.07, 6.45) is -2.08. The van der Waals surface area contributed by atoms with Crippen LogP contribution in [0.15, 0.2) is 0 Å². The maximum absolute atomic E-state index is 11.8. The highest BCUT2D eigenvalue weighted by atomic mass is 16.6. The molecule has 7 heteroatoms. The first-order chi connectivity index (χ1) is 8.60. The number of rotatable bonds is 1. The molecule has 1 rings (SSSR count). The molecule has 0 unspecified atom stereocenters. The highest BCUT2D eigenvalue weighted by molar-refractivity contribution is 5.80. The molecule has 1 heterocycles. The molecule has 0 spiro atoms. The molecule has 0 aromatic rings. The Bertz CT molecular complexity index is 364. The number of ether oxygens (including phenoxy) is 2. The van der Waals surface area contributed by atoms with Crippen molar-refractivity contribution in [3.05, 3.63) is 0 Å². The molecular formula is C12H21NO6. The predicted octanol–water partition coefficient (Wildman–Crippen LogP) is -0.108. The highest BCUT2D eigenvalue weighted by Crippen LogP contribution is 2.25. The second-order valence-corrected chi connectivity index (χ2v) is 5.61. The molecule has 1 fully saturated rings. The van der Waals surface area contributed by atoms with Gasteiger partial charge in [-0.15, -0.1) is 0 Å². The van der Waals surface area contributed by atoms with Crippen molar-refractivity contribution < 1.29 is 29.3 Å². The van der Waals surface area contributed by atoms with Crippen molar-refractivity contribution in [1.82, 2.24) is 4.90 Å². The monoisotopic (exact) mass is 275 g/mol. The van der Waals surface area contributed by atoms with E-state index in [2.05, 4.69) is 4.74 Å². The molecule has 0 aromatic heterocycles. The van der Waals surface area contributed by atoms with Crippen molar-refractivity contribution in [3.8, 4) is 0 Å². The van der Waals surface area contributed by atoms with Crippen molar-refractivity contribution in [3.63, 3.8) is 0 Å². The lowest BCUT2D eigenvalue weighted by molar-refractivity contribution is -0.183. The Labute approximate surface area is 112 Å². The zero-order valence-electron chi connectivity index (χ0n) is 11.7. The summed E-state index contributed by atoms with van der Waals surface area (Å²) in [7, 11) is 1.13. The van der Waals surface area contributed by atoms with Crippen molar-refractivity contribution in [1.29, 1.82) is 0 Å². The number of methoxy groups -OCH3 is 1. The number of esters is 1. The molecule has 1 saturated heterocycles. The van der Waals surface area contributed by atoms with Crippen LogP contribution < -0.4 is 0 Å². The molecule has 1 amide bonds. The molecule has 0 aromatic carbocycles. The van der Waals surface area contributed by atoms with Gasteiger partial charge in [0.15, 0.2) is 5.60 Å². The number of hydrogen-bond donors (Lipinski definition) is 2. The van der Waals surface area contributed by atoms with E-state index in [0.717, 1.165) is 7.11 Å². The summed E-state index contributed by atoms with van der Waals surface area (Å²) in [5, 5.41) is 19.9. The van der Waals surface area contributed by atoms with Crippen molar-refractivity contribution in [2.75, 3.05) is 20.2 Å². The van der Waals surface area contributed by atoms with Gasteiger partial charge in [-0.05, 0) is 20.8 Å². The molecule has 1 aliphatic rings. The van der Waals surface area contributed by atoms with Gasteiger partial charge in [-0.25, -0.2) is 9.59 Å². The van der Waals surface area contributed by atoms with Gasteiger partial charge in [0.05, 0.1) is 13.7 Å². The van der Waals surface area contributed by atoms with E-state index in [-0.39, 0.29) is 19.5 Å². The lowest BCUT2D eigenvalue weighted by Gasteiger charge is -2.40. The average molecular weight is 275 g/mol.